The van der Waals surface area contributed by atoms with Crippen molar-refractivity contribution >= 4 is 11.6 Å². The Labute approximate surface area is 102 Å². The van der Waals surface area contributed by atoms with Gasteiger partial charge >= 0.3 is 18.0 Å². The molecule has 0 aliphatic rings. The molecule has 0 aromatic heterocycles. The van der Waals surface area contributed by atoms with Crippen molar-refractivity contribution in [1.82, 2.24) is 0 Å². The highest BCUT2D eigenvalue weighted by atomic mass is 35.5. The third-order valence-electron chi connectivity index (χ3n) is 2.22. The second kappa shape index (κ2) is 4.29. The fraction of sp³-hybridized carbons (Fsp3) is 0.400. The molecule has 0 atom stereocenters. The molecule has 0 fully saturated rings. The van der Waals surface area contributed by atoms with Crippen LogP contribution in [0, 0.1) is 6.92 Å². The minimum absolute atomic E-state index is 0.00646. The number of benzene rings is 1. The molecule has 0 saturated heterocycles. The molecule has 1 aromatic carbocycles. The summed E-state index contributed by atoms with van der Waals surface area (Å²) in [6.07, 6.45) is -12.2. The van der Waals surface area contributed by atoms with Crippen LogP contribution in [0.1, 0.15) is 11.1 Å². The Morgan fingerprint density at radius 2 is 1.28 bits per heavy atom. The molecule has 0 aliphatic carbocycles. The molecular weight excluding hydrogens is 289 g/mol. The quantitative estimate of drug-likeness (QED) is 0.644. The van der Waals surface area contributed by atoms with E-state index in [0.29, 0.717) is 12.1 Å². The molecule has 18 heavy (non-hydrogen) atoms. The van der Waals surface area contributed by atoms with Crippen LogP contribution in [-0.2, 0) is 5.67 Å². The lowest BCUT2D eigenvalue weighted by Crippen LogP contribution is -2.50. The molecule has 102 valence electrons. The largest absolute Gasteiger partial charge is 0.435 e. The molecule has 0 nitrogen and oxygen atoms in total. The highest BCUT2D eigenvalue weighted by Crippen LogP contribution is 2.53. The molecule has 0 amide bonds. The second-order valence-electron chi connectivity index (χ2n) is 3.67. The first-order chi connectivity index (χ1) is 7.89. The van der Waals surface area contributed by atoms with Gasteiger partial charge in [0, 0.05) is 10.6 Å². The molecule has 0 spiro atoms. The van der Waals surface area contributed by atoms with Gasteiger partial charge in [0.05, 0.1) is 0 Å². The van der Waals surface area contributed by atoms with Crippen LogP contribution in [0.4, 0.5) is 30.7 Å². The van der Waals surface area contributed by atoms with Crippen molar-refractivity contribution in [3.8, 4) is 0 Å². The minimum atomic E-state index is -6.12. The van der Waals surface area contributed by atoms with Gasteiger partial charge in [-0.1, -0.05) is 17.7 Å². The standard InChI is InChI=1S/C10H6ClF7/c1-5-2-6(4-7(11)3-5)8(12,9(13,14)15)10(16,17)18/h2-4H,1H3. The summed E-state index contributed by atoms with van der Waals surface area (Å²) in [6.45, 7) is 1.21. The first-order valence-corrected chi connectivity index (χ1v) is 4.87. The Hall–Kier alpha value is -0.980. The summed E-state index contributed by atoms with van der Waals surface area (Å²) in [5, 5.41) is -0.402. The molecule has 0 unspecified atom stereocenters. The second-order valence-corrected chi connectivity index (χ2v) is 4.11. The van der Waals surface area contributed by atoms with Gasteiger partial charge in [0.25, 0.3) is 0 Å². The third-order valence-corrected chi connectivity index (χ3v) is 2.44. The van der Waals surface area contributed by atoms with E-state index >= 15 is 0 Å². The summed E-state index contributed by atoms with van der Waals surface area (Å²) in [4.78, 5) is 0. The van der Waals surface area contributed by atoms with E-state index in [9.17, 15) is 30.7 Å². The Bertz CT molecular complexity index is 412. The number of halogens is 8. The van der Waals surface area contributed by atoms with Crippen LogP contribution in [0.25, 0.3) is 0 Å². The first kappa shape index (κ1) is 15.1. The number of rotatable bonds is 1. The summed E-state index contributed by atoms with van der Waals surface area (Å²) in [6, 6.07) is 1.90. The smallest absolute Gasteiger partial charge is 0.218 e. The average molecular weight is 295 g/mol. The molecule has 1 aromatic rings. The monoisotopic (exact) mass is 294 g/mol. The molecule has 0 bridgehead atoms. The minimum Gasteiger partial charge on any atom is -0.218 e. The van der Waals surface area contributed by atoms with Crippen LogP contribution in [0.15, 0.2) is 18.2 Å². The number of hydrogen-bond acceptors (Lipinski definition) is 0. The summed E-state index contributed by atoms with van der Waals surface area (Å²) in [5.74, 6) is 0. The van der Waals surface area contributed by atoms with E-state index in [-0.39, 0.29) is 5.56 Å². The molecule has 1 rings (SSSR count). The number of alkyl halides is 7. The maximum absolute atomic E-state index is 13.6. The maximum atomic E-state index is 13.6. The highest BCUT2D eigenvalue weighted by Gasteiger charge is 2.73. The van der Waals surface area contributed by atoms with E-state index in [1.165, 1.54) is 6.92 Å². The fourth-order valence-corrected chi connectivity index (χ4v) is 1.71. The van der Waals surface area contributed by atoms with E-state index < -0.39 is 28.6 Å². The van der Waals surface area contributed by atoms with Gasteiger partial charge in [-0.2, -0.15) is 26.3 Å². The predicted molar refractivity (Wildman–Crippen MR) is 51.1 cm³/mol. The van der Waals surface area contributed by atoms with Crippen molar-refractivity contribution in [3.63, 3.8) is 0 Å². The van der Waals surface area contributed by atoms with Crippen molar-refractivity contribution in [2.24, 2.45) is 0 Å². The van der Waals surface area contributed by atoms with Gasteiger partial charge < -0.3 is 0 Å². The van der Waals surface area contributed by atoms with Gasteiger partial charge in [-0.25, -0.2) is 4.39 Å². The topological polar surface area (TPSA) is 0 Å². The van der Waals surface area contributed by atoms with Crippen LogP contribution in [0.2, 0.25) is 5.02 Å². The van der Waals surface area contributed by atoms with Gasteiger partial charge in [0.15, 0.2) is 0 Å². The van der Waals surface area contributed by atoms with Crippen LogP contribution in [0.3, 0.4) is 0 Å². The van der Waals surface area contributed by atoms with E-state index in [1.807, 2.05) is 0 Å². The Kier molecular flexibility index (Phi) is 3.60. The van der Waals surface area contributed by atoms with Crippen LogP contribution < -0.4 is 0 Å². The molecule has 0 aliphatic heterocycles. The van der Waals surface area contributed by atoms with Gasteiger partial charge in [0.1, 0.15) is 0 Å². The zero-order chi connectivity index (χ0) is 14.4. The van der Waals surface area contributed by atoms with Crippen LogP contribution in [0.5, 0.6) is 0 Å². The first-order valence-electron chi connectivity index (χ1n) is 4.49. The molecule has 8 heteroatoms. The fourth-order valence-electron chi connectivity index (χ4n) is 1.42. The van der Waals surface area contributed by atoms with Crippen molar-refractivity contribution < 1.29 is 30.7 Å². The summed E-state index contributed by atoms with van der Waals surface area (Å²) in [5.41, 5.74) is -7.02. The average Bonchev–Trinajstić information content (AvgIpc) is 2.11. The van der Waals surface area contributed by atoms with Crippen molar-refractivity contribution in [1.29, 1.82) is 0 Å². The van der Waals surface area contributed by atoms with Gasteiger partial charge in [-0.15, -0.1) is 0 Å². The molecule has 0 N–H and O–H groups in total. The predicted octanol–water partition coefficient (Wildman–Crippen LogP) is 4.94. The van der Waals surface area contributed by atoms with E-state index in [1.54, 1.807) is 0 Å². The molecular formula is C10H6ClF7. The lowest BCUT2D eigenvalue weighted by Gasteiger charge is -2.30. The third kappa shape index (κ3) is 2.41. The van der Waals surface area contributed by atoms with E-state index in [0.717, 1.165) is 6.07 Å². The number of aryl methyl sites for hydroxylation is 1. The van der Waals surface area contributed by atoms with Crippen molar-refractivity contribution in [3.05, 3.63) is 34.3 Å². The molecule has 0 saturated carbocycles. The van der Waals surface area contributed by atoms with Crippen LogP contribution in [-0.4, -0.2) is 12.4 Å². The summed E-state index contributed by atoms with van der Waals surface area (Å²) in [7, 11) is 0. The lowest BCUT2D eigenvalue weighted by molar-refractivity contribution is -0.348. The van der Waals surface area contributed by atoms with Gasteiger partial charge in [-0.05, 0) is 24.6 Å². The Balaban J connectivity index is 3.55. The molecule has 0 radical (unpaired) electrons. The zero-order valence-electron chi connectivity index (χ0n) is 8.76. The summed E-state index contributed by atoms with van der Waals surface area (Å²) >= 11 is 5.35. The molecule has 0 heterocycles. The normalized spacial score (nSPS) is 13.8. The highest BCUT2D eigenvalue weighted by molar-refractivity contribution is 6.30. The van der Waals surface area contributed by atoms with Crippen molar-refractivity contribution in [2.75, 3.05) is 0 Å². The lowest BCUT2D eigenvalue weighted by atomic mass is 9.93. The van der Waals surface area contributed by atoms with E-state index in [4.69, 9.17) is 11.6 Å². The zero-order valence-corrected chi connectivity index (χ0v) is 9.51. The Morgan fingerprint density at radius 1 is 0.833 bits per heavy atom. The van der Waals surface area contributed by atoms with Gasteiger partial charge in [0.2, 0.25) is 0 Å². The Morgan fingerprint density at radius 3 is 1.61 bits per heavy atom. The van der Waals surface area contributed by atoms with Crippen LogP contribution >= 0.6 is 11.6 Å². The van der Waals surface area contributed by atoms with E-state index in [2.05, 4.69) is 0 Å². The maximum Gasteiger partial charge on any atom is 0.435 e. The van der Waals surface area contributed by atoms with Gasteiger partial charge in [-0.3, -0.25) is 0 Å². The number of hydrogen-bond donors (Lipinski definition) is 0. The summed E-state index contributed by atoms with van der Waals surface area (Å²) < 4.78 is 88.1. The van der Waals surface area contributed by atoms with Crippen molar-refractivity contribution in [2.45, 2.75) is 24.9 Å². The SMILES string of the molecule is Cc1cc(Cl)cc(C(F)(C(F)(F)F)C(F)(F)F)c1.